The number of ether oxygens (including phenoxy) is 1. The zero-order valence-electron chi connectivity index (χ0n) is 19.1. The van der Waals surface area contributed by atoms with Gasteiger partial charge in [0.25, 0.3) is 0 Å². The van der Waals surface area contributed by atoms with Gasteiger partial charge in [-0.15, -0.1) is 0 Å². The van der Waals surface area contributed by atoms with Gasteiger partial charge in [-0.05, 0) is 31.0 Å². The van der Waals surface area contributed by atoms with Crippen LogP contribution in [0, 0.1) is 11.7 Å². The van der Waals surface area contributed by atoms with Crippen LogP contribution in [0.15, 0.2) is 30.3 Å². The summed E-state index contributed by atoms with van der Waals surface area (Å²) in [4.78, 5) is 17.3. The molecule has 0 saturated carbocycles. The highest BCUT2D eigenvalue weighted by Gasteiger charge is 2.25. The quantitative estimate of drug-likeness (QED) is 0.711. The van der Waals surface area contributed by atoms with Gasteiger partial charge in [0, 0.05) is 63.8 Å². The van der Waals surface area contributed by atoms with Gasteiger partial charge >= 0.3 is 0 Å². The molecule has 2 aliphatic rings. The number of halogens is 1. The highest BCUT2D eigenvalue weighted by molar-refractivity contribution is 5.78. The van der Waals surface area contributed by atoms with Crippen LogP contribution in [0.4, 0.5) is 4.39 Å². The zero-order chi connectivity index (χ0) is 22.5. The number of aryl methyl sites for hydroxylation is 1. The van der Waals surface area contributed by atoms with Crippen molar-refractivity contribution in [1.29, 1.82) is 0 Å². The molecule has 1 atom stereocenters. The number of rotatable bonds is 7. The summed E-state index contributed by atoms with van der Waals surface area (Å²) in [7, 11) is 1.91. The first kappa shape index (κ1) is 22.9. The molecule has 2 aromatic rings. The summed E-state index contributed by atoms with van der Waals surface area (Å²) in [5.74, 6) is -0.120. The fourth-order valence-corrected chi connectivity index (χ4v) is 4.52. The van der Waals surface area contributed by atoms with Crippen LogP contribution in [-0.4, -0.2) is 77.5 Å². The largest absolute Gasteiger partial charge is 0.379 e. The average Bonchev–Trinajstić information content (AvgIpc) is 3.16. The van der Waals surface area contributed by atoms with Crippen molar-refractivity contribution in [2.45, 2.75) is 32.4 Å². The Kier molecular flexibility index (Phi) is 7.55. The van der Waals surface area contributed by atoms with E-state index in [4.69, 9.17) is 4.74 Å². The monoisotopic (exact) mass is 443 g/mol. The van der Waals surface area contributed by atoms with Crippen LogP contribution in [0.5, 0.6) is 0 Å². The maximum absolute atomic E-state index is 14.1. The molecular formula is C24H34FN5O2. The van der Waals surface area contributed by atoms with Crippen molar-refractivity contribution in [2.75, 3.05) is 45.9 Å². The lowest BCUT2D eigenvalue weighted by Crippen LogP contribution is -2.48. The topological polar surface area (TPSA) is 62.6 Å². The molecule has 0 spiro atoms. The molecule has 2 fully saturated rings. The van der Waals surface area contributed by atoms with E-state index in [9.17, 15) is 9.18 Å². The van der Waals surface area contributed by atoms with Crippen LogP contribution in [-0.2, 0) is 23.1 Å². The van der Waals surface area contributed by atoms with Gasteiger partial charge < -0.3 is 10.1 Å². The summed E-state index contributed by atoms with van der Waals surface area (Å²) in [6, 6.07) is 8.94. The number of amides is 1. The van der Waals surface area contributed by atoms with E-state index >= 15 is 0 Å². The van der Waals surface area contributed by atoms with Crippen molar-refractivity contribution in [3.63, 3.8) is 0 Å². The fourth-order valence-electron chi connectivity index (χ4n) is 4.52. The summed E-state index contributed by atoms with van der Waals surface area (Å²) in [6.07, 6.45) is 1.88. The van der Waals surface area contributed by atoms with Crippen molar-refractivity contribution in [3.05, 3.63) is 41.8 Å². The maximum atomic E-state index is 14.1. The Morgan fingerprint density at radius 1 is 1.19 bits per heavy atom. The highest BCUT2D eigenvalue weighted by atomic mass is 19.1. The Balaban J connectivity index is 1.24. The van der Waals surface area contributed by atoms with E-state index in [2.05, 4.69) is 20.2 Å². The lowest BCUT2D eigenvalue weighted by molar-refractivity contribution is -0.126. The first-order chi connectivity index (χ1) is 15.5. The van der Waals surface area contributed by atoms with Gasteiger partial charge in [-0.2, -0.15) is 5.10 Å². The van der Waals surface area contributed by atoms with Gasteiger partial charge in [-0.25, -0.2) is 4.39 Å². The van der Waals surface area contributed by atoms with E-state index in [1.54, 1.807) is 12.1 Å². The molecule has 1 aromatic heterocycles. The maximum Gasteiger partial charge on any atom is 0.224 e. The highest BCUT2D eigenvalue weighted by Crippen LogP contribution is 2.23. The van der Waals surface area contributed by atoms with Gasteiger partial charge in [0.2, 0.25) is 5.91 Å². The summed E-state index contributed by atoms with van der Waals surface area (Å²) < 4.78 is 21.3. The molecule has 1 N–H and O–H groups in total. The number of nitrogens with one attached hydrogen (secondary N) is 1. The molecule has 0 aliphatic carbocycles. The van der Waals surface area contributed by atoms with Gasteiger partial charge in [0.15, 0.2) is 0 Å². The molecule has 8 heteroatoms. The summed E-state index contributed by atoms with van der Waals surface area (Å²) in [6.45, 7) is 8.73. The van der Waals surface area contributed by atoms with Crippen molar-refractivity contribution < 1.29 is 13.9 Å². The third-order valence-corrected chi connectivity index (χ3v) is 6.53. The molecule has 1 amide bonds. The third-order valence-electron chi connectivity index (χ3n) is 6.53. The van der Waals surface area contributed by atoms with Gasteiger partial charge in [-0.1, -0.05) is 19.1 Å². The van der Waals surface area contributed by atoms with Crippen LogP contribution in [0.2, 0.25) is 0 Å². The van der Waals surface area contributed by atoms with Crippen LogP contribution in [0.25, 0.3) is 11.3 Å². The molecule has 3 heterocycles. The van der Waals surface area contributed by atoms with Crippen molar-refractivity contribution in [2.24, 2.45) is 13.0 Å². The van der Waals surface area contributed by atoms with Gasteiger partial charge in [0.05, 0.1) is 24.6 Å². The number of hydrogen-bond acceptors (Lipinski definition) is 5. The SMILES string of the molecule is C[C@@H](CN1CCOCC1)C(=O)NC1CCN(Cc2cc(-c3ccccc3F)nn2C)CC1. The predicted octanol–water partition coefficient (Wildman–Crippen LogP) is 2.28. The molecule has 0 radical (unpaired) electrons. The normalized spacial score (nSPS) is 19.7. The van der Waals surface area contributed by atoms with E-state index in [-0.39, 0.29) is 23.7 Å². The lowest BCUT2D eigenvalue weighted by Gasteiger charge is -2.33. The Bertz CT molecular complexity index is 904. The number of benzene rings is 1. The second kappa shape index (κ2) is 10.6. The fraction of sp³-hybridized carbons (Fsp3) is 0.583. The number of morpholine rings is 1. The molecule has 0 bridgehead atoms. The summed E-state index contributed by atoms with van der Waals surface area (Å²) >= 11 is 0. The molecule has 2 aliphatic heterocycles. The molecule has 7 nitrogen and oxygen atoms in total. The van der Waals surface area contributed by atoms with Gasteiger partial charge in [0.1, 0.15) is 5.82 Å². The third kappa shape index (κ3) is 5.74. The molecule has 0 unspecified atom stereocenters. The lowest BCUT2D eigenvalue weighted by atomic mass is 10.0. The van der Waals surface area contributed by atoms with E-state index in [1.165, 1.54) is 6.07 Å². The number of hydrogen-bond donors (Lipinski definition) is 1. The van der Waals surface area contributed by atoms with Crippen molar-refractivity contribution >= 4 is 5.91 Å². The molecule has 4 rings (SSSR count). The van der Waals surface area contributed by atoms with Crippen LogP contribution >= 0.6 is 0 Å². The zero-order valence-corrected chi connectivity index (χ0v) is 19.1. The second-order valence-corrected chi connectivity index (χ2v) is 9.00. The Morgan fingerprint density at radius 2 is 1.91 bits per heavy atom. The first-order valence-corrected chi connectivity index (χ1v) is 11.6. The minimum atomic E-state index is -0.253. The van der Waals surface area contributed by atoms with Crippen LogP contribution in [0.1, 0.15) is 25.5 Å². The van der Waals surface area contributed by atoms with Gasteiger partial charge in [-0.3, -0.25) is 19.3 Å². The number of nitrogens with zero attached hydrogens (tertiary/aromatic N) is 4. The van der Waals surface area contributed by atoms with E-state index in [0.29, 0.717) is 11.3 Å². The second-order valence-electron chi connectivity index (χ2n) is 9.00. The van der Waals surface area contributed by atoms with E-state index < -0.39 is 0 Å². The molecule has 32 heavy (non-hydrogen) atoms. The summed E-state index contributed by atoms with van der Waals surface area (Å²) in [5, 5.41) is 7.76. The molecule has 2 saturated heterocycles. The first-order valence-electron chi connectivity index (χ1n) is 11.6. The minimum Gasteiger partial charge on any atom is -0.379 e. The number of carbonyl (C=O) groups excluding carboxylic acids is 1. The smallest absolute Gasteiger partial charge is 0.224 e. The van der Waals surface area contributed by atoms with Crippen LogP contribution in [0.3, 0.4) is 0 Å². The Morgan fingerprint density at radius 3 is 2.62 bits per heavy atom. The van der Waals surface area contributed by atoms with Crippen LogP contribution < -0.4 is 5.32 Å². The summed E-state index contributed by atoms with van der Waals surface area (Å²) in [5.41, 5.74) is 2.25. The van der Waals surface area contributed by atoms with Crippen molar-refractivity contribution in [1.82, 2.24) is 24.9 Å². The van der Waals surface area contributed by atoms with E-state index in [1.807, 2.05) is 30.8 Å². The standard InChI is InChI=1S/C24H34FN5O2/c1-18(16-30-11-13-32-14-12-30)24(31)26-19-7-9-29(10-8-19)17-20-15-23(27-28(20)2)21-5-3-4-6-22(21)25/h3-6,15,18-19H,7-14,16-17H2,1-2H3,(H,26,31)/t18-/m0/s1. The Labute approximate surface area is 189 Å². The minimum absolute atomic E-state index is 0.0163. The number of carbonyl (C=O) groups is 1. The number of aromatic nitrogens is 2. The number of likely N-dealkylation sites (tertiary alicyclic amines) is 1. The molecule has 174 valence electrons. The number of piperidine rings is 1. The van der Waals surface area contributed by atoms with Crippen molar-refractivity contribution in [3.8, 4) is 11.3 Å². The van der Waals surface area contributed by atoms with E-state index in [0.717, 1.165) is 71.0 Å². The predicted molar refractivity (Wildman–Crippen MR) is 121 cm³/mol. The average molecular weight is 444 g/mol. The Hall–Kier alpha value is -2.29. The molecular weight excluding hydrogens is 409 g/mol. The molecule has 1 aromatic carbocycles.